The summed E-state index contributed by atoms with van der Waals surface area (Å²) in [5, 5.41) is 3.38. The Morgan fingerprint density at radius 2 is 1.78 bits per heavy atom. The van der Waals surface area contributed by atoms with Crippen molar-refractivity contribution in [2.75, 3.05) is 31.1 Å². The summed E-state index contributed by atoms with van der Waals surface area (Å²) in [6, 6.07) is 14.0. The largest absolute Gasteiger partial charge is 0.471 e. The monoisotopic (exact) mass is 442 g/mol. The molecule has 8 nitrogen and oxygen atoms in total. The van der Waals surface area contributed by atoms with Crippen molar-refractivity contribution in [3.8, 4) is 11.4 Å². The number of nitrogens with one attached hydrogen (secondary N) is 1. The lowest BCUT2D eigenvalue weighted by molar-refractivity contribution is -0.159. The molecule has 0 aliphatic carbocycles. The molecule has 0 bridgehead atoms. The zero-order valence-corrected chi connectivity index (χ0v) is 16.6. The van der Waals surface area contributed by atoms with Gasteiger partial charge in [0.25, 0.3) is 5.91 Å². The van der Waals surface area contributed by atoms with Crippen molar-refractivity contribution in [2.24, 2.45) is 0 Å². The number of piperazine rings is 1. The highest BCUT2D eigenvalue weighted by Gasteiger charge is 2.38. The number of carbonyl (C=O) groups excluding carboxylic acids is 1. The maximum Gasteiger partial charge on any atom is 0.471 e. The highest BCUT2D eigenvalue weighted by atomic mass is 19.4. The van der Waals surface area contributed by atoms with Gasteiger partial charge in [0.1, 0.15) is 0 Å². The molecule has 2 aromatic heterocycles. The van der Waals surface area contributed by atoms with E-state index >= 15 is 0 Å². The van der Waals surface area contributed by atoms with Crippen molar-refractivity contribution >= 4 is 22.9 Å². The maximum absolute atomic E-state index is 13.0. The van der Waals surface area contributed by atoms with E-state index in [1.54, 1.807) is 17.0 Å². The first-order chi connectivity index (χ1) is 15.4. The van der Waals surface area contributed by atoms with Gasteiger partial charge in [0.2, 0.25) is 11.8 Å². The molecular formula is C21H17F3N6O2. The molecule has 3 heterocycles. The fraction of sp³-hybridized carbons (Fsp3) is 0.238. The molecule has 1 saturated heterocycles. The molecule has 0 atom stereocenters. The highest BCUT2D eigenvalue weighted by molar-refractivity contribution is 5.95. The summed E-state index contributed by atoms with van der Waals surface area (Å²) in [6.07, 6.45) is -4.72. The minimum absolute atomic E-state index is 0.212. The van der Waals surface area contributed by atoms with Crippen LogP contribution in [0.1, 0.15) is 16.2 Å². The molecule has 0 saturated carbocycles. The summed E-state index contributed by atoms with van der Waals surface area (Å²) in [4.78, 5) is 28.0. The SMILES string of the molecule is O=C(c1cccc(-c2noc(C(F)(F)F)n2)c1)N1CCN(c2nc3ccccc3[nH]2)CC1. The average molecular weight is 442 g/mol. The number of para-hydroxylation sites is 2. The van der Waals surface area contributed by atoms with Crippen molar-refractivity contribution in [1.29, 1.82) is 0 Å². The Labute approximate surface area is 179 Å². The number of imidazole rings is 1. The standard InChI is InChI=1S/C21H17F3N6O2/c22-21(23,24)19-27-17(28-32-19)13-4-3-5-14(12-13)18(31)29-8-10-30(11-9-29)20-25-15-6-1-2-7-16(15)26-20/h1-7,12H,8-11H2,(H,25,26). The number of H-pyrrole nitrogens is 1. The van der Waals surface area contributed by atoms with Crippen LogP contribution in [0.5, 0.6) is 0 Å². The van der Waals surface area contributed by atoms with Crippen LogP contribution in [-0.2, 0) is 6.18 Å². The first-order valence-electron chi connectivity index (χ1n) is 9.89. The van der Waals surface area contributed by atoms with Crippen LogP contribution >= 0.6 is 0 Å². The molecular weight excluding hydrogens is 425 g/mol. The van der Waals surface area contributed by atoms with Gasteiger partial charge in [-0.25, -0.2) is 4.98 Å². The van der Waals surface area contributed by atoms with Gasteiger partial charge in [-0.2, -0.15) is 18.2 Å². The van der Waals surface area contributed by atoms with E-state index in [-0.39, 0.29) is 17.3 Å². The molecule has 0 spiro atoms. The van der Waals surface area contributed by atoms with Crippen molar-refractivity contribution in [1.82, 2.24) is 25.0 Å². The van der Waals surface area contributed by atoms with E-state index in [0.717, 1.165) is 17.0 Å². The van der Waals surface area contributed by atoms with Gasteiger partial charge in [-0.1, -0.05) is 29.4 Å². The predicted octanol–water partition coefficient (Wildman–Crippen LogP) is 3.59. The Morgan fingerprint density at radius 3 is 2.50 bits per heavy atom. The van der Waals surface area contributed by atoms with Gasteiger partial charge < -0.3 is 19.3 Å². The third kappa shape index (κ3) is 3.77. The molecule has 5 rings (SSSR count). The number of hydrogen-bond donors (Lipinski definition) is 1. The van der Waals surface area contributed by atoms with Crippen LogP contribution in [0.3, 0.4) is 0 Å². The molecule has 0 radical (unpaired) electrons. The summed E-state index contributed by atoms with van der Waals surface area (Å²) < 4.78 is 42.4. The van der Waals surface area contributed by atoms with Crippen LogP contribution in [0.4, 0.5) is 19.1 Å². The predicted molar refractivity (Wildman–Crippen MR) is 109 cm³/mol. The zero-order chi connectivity index (χ0) is 22.3. The molecule has 11 heteroatoms. The fourth-order valence-corrected chi connectivity index (χ4v) is 3.64. The molecule has 1 amide bonds. The number of alkyl halides is 3. The van der Waals surface area contributed by atoms with Crippen molar-refractivity contribution in [3.63, 3.8) is 0 Å². The Bertz CT molecular complexity index is 1240. The number of carbonyl (C=O) groups is 1. The Balaban J connectivity index is 1.28. The van der Waals surface area contributed by atoms with Crippen LogP contribution in [0.15, 0.2) is 53.1 Å². The third-order valence-electron chi connectivity index (χ3n) is 5.28. The topological polar surface area (TPSA) is 91.2 Å². The number of rotatable bonds is 3. The second-order valence-corrected chi connectivity index (χ2v) is 7.36. The van der Waals surface area contributed by atoms with Crippen LogP contribution in [0.2, 0.25) is 0 Å². The summed E-state index contributed by atoms with van der Waals surface area (Å²) >= 11 is 0. The molecule has 1 aliphatic heterocycles. The Morgan fingerprint density at radius 1 is 1.00 bits per heavy atom. The number of nitrogens with zero attached hydrogens (tertiary/aromatic N) is 5. The smallest absolute Gasteiger partial charge is 0.339 e. The summed E-state index contributed by atoms with van der Waals surface area (Å²) in [6.45, 7) is 2.18. The molecule has 1 fully saturated rings. The zero-order valence-electron chi connectivity index (χ0n) is 16.6. The second-order valence-electron chi connectivity index (χ2n) is 7.36. The highest BCUT2D eigenvalue weighted by Crippen LogP contribution is 2.29. The second kappa shape index (κ2) is 7.66. The van der Waals surface area contributed by atoms with E-state index in [9.17, 15) is 18.0 Å². The summed E-state index contributed by atoms with van der Waals surface area (Å²) in [7, 11) is 0. The van der Waals surface area contributed by atoms with Gasteiger partial charge in [0.15, 0.2) is 0 Å². The summed E-state index contributed by atoms with van der Waals surface area (Å²) in [5.41, 5.74) is 2.45. The number of aromatic amines is 1. The minimum atomic E-state index is -4.72. The molecule has 2 aromatic carbocycles. The van der Waals surface area contributed by atoms with Gasteiger partial charge in [0.05, 0.1) is 11.0 Å². The number of amides is 1. The van der Waals surface area contributed by atoms with Gasteiger partial charge in [-0.05, 0) is 24.3 Å². The number of hydrogen-bond acceptors (Lipinski definition) is 6. The van der Waals surface area contributed by atoms with Crippen molar-refractivity contribution in [3.05, 3.63) is 60.0 Å². The Hall–Kier alpha value is -3.89. The lowest BCUT2D eigenvalue weighted by atomic mass is 10.1. The van der Waals surface area contributed by atoms with Crippen LogP contribution < -0.4 is 4.90 Å². The van der Waals surface area contributed by atoms with Crippen LogP contribution in [-0.4, -0.2) is 57.1 Å². The van der Waals surface area contributed by atoms with E-state index in [1.165, 1.54) is 12.1 Å². The lowest BCUT2D eigenvalue weighted by Crippen LogP contribution is -2.49. The van der Waals surface area contributed by atoms with E-state index < -0.39 is 12.1 Å². The third-order valence-corrected chi connectivity index (χ3v) is 5.28. The van der Waals surface area contributed by atoms with Crippen LogP contribution in [0, 0.1) is 0 Å². The number of anilines is 1. The fourth-order valence-electron chi connectivity index (χ4n) is 3.64. The number of benzene rings is 2. The normalized spacial score (nSPS) is 14.8. The number of halogens is 3. The number of aromatic nitrogens is 4. The molecule has 0 unspecified atom stereocenters. The maximum atomic E-state index is 13.0. The van der Waals surface area contributed by atoms with E-state index in [1.807, 2.05) is 24.3 Å². The van der Waals surface area contributed by atoms with Gasteiger partial charge >= 0.3 is 12.1 Å². The first kappa shape index (κ1) is 20.0. The molecule has 32 heavy (non-hydrogen) atoms. The van der Waals surface area contributed by atoms with Crippen LogP contribution in [0.25, 0.3) is 22.4 Å². The van der Waals surface area contributed by atoms with Gasteiger partial charge in [-0.15, -0.1) is 0 Å². The summed E-state index contributed by atoms with van der Waals surface area (Å²) in [5.74, 6) is -1.10. The lowest BCUT2D eigenvalue weighted by Gasteiger charge is -2.34. The molecule has 4 aromatic rings. The van der Waals surface area contributed by atoms with Gasteiger partial charge in [-0.3, -0.25) is 4.79 Å². The van der Waals surface area contributed by atoms with E-state index in [2.05, 4.69) is 29.5 Å². The molecule has 164 valence electrons. The average Bonchev–Trinajstić information content (AvgIpc) is 3.46. The number of fused-ring (bicyclic) bond motifs is 1. The first-order valence-corrected chi connectivity index (χ1v) is 9.89. The van der Waals surface area contributed by atoms with Crippen molar-refractivity contribution in [2.45, 2.75) is 6.18 Å². The molecule has 1 aliphatic rings. The minimum Gasteiger partial charge on any atom is -0.339 e. The van der Waals surface area contributed by atoms with E-state index in [0.29, 0.717) is 31.7 Å². The quantitative estimate of drug-likeness (QED) is 0.522. The van der Waals surface area contributed by atoms with E-state index in [4.69, 9.17) is 0 Å². The van der Waals surface area contributed by atoms with Crippen molar-refractivity contribution < 1.29 is 22.5 Å². The Kier molecular flexibility index (Phi) is 4.80. The molecule has 1 N–H and O–H groups in total. The van der Waals surface area contributed by atoms with Gasteiger partial charge in [0, 0.05) is 37.3 Å².